The number of imidazole rings is 1. The number of hydrogen-bond acceptors (Lipinski definition) is 11. The molecule has 8 atom stereocenters. The monoisotopic (exact) mass is 822 g/mol. The Morgan fingerprint density at radius 1 is 0.965 bits per heavy atom. The lowest BCUT2D eigenvalue weighted by Crippen LogP contribution is -2.61. The zero-order valence-corrected chi connectivity index (χ0v) is 33.5. The van der Waals surface area contributed by atoms with E-state index < -0.39 is 86.4 Å². The average Bonchev–Trinajstić information content (AvgIpc) is 3.82. The summed E-state index contributed by atoms with van der Waals surface area (Å²) in [5, 5.41) is 19.8. The van der Waals surface area contributed by atoms with Gasteiger partial charge in [-0.25, -0.2) is 9.55 Å². The van der Waals surface area contributed by atoms with E-state index in [-0.39, 0.29) is 43.6 Å². The number of nitrogens with zero attached hydrogens (tertiary/aromatic N) is 2. The highest BCUT2D eigenvalue weighted by molar-refractivity contribution is 7.46. The molecule has 2 heterocycles. The number of phosphoric acid groups is 1. The lowest BCUT2D eigenvalue weighted by molar-refractivity contribution is -0.139. The first kappa shape index (κ1) is 46.7. The number of carbonyl (C=O) groups is 6. The van der Waals surface area contributed by atoms with Crippen molar-refractivity contribution in [3.63, 3.8) is 0 Å². The number of likely N-dealkylation sites (tertiary alicyclic amines) is 1. The van der Waals surface area contributed by atoms with Gasteiger partial charge in [0.25, 0.3) is 0 Å². The van der Waals surface area contributed by atoms with Crippen LogP contribution >= 0.6 is 7.82 Å². The highest BCUT2D eigenvalue weighted by Gasteiger charge is 2.41. The molecule has 1 aromatic carbocycles. The number of H-pyrrole nitrogens is 1. The van der Waals surface area contributed by atoms with E-state index in [1.165, 1.54) is 29.9 Å². The number of carbonyl (C=O) groups excluding carboxylic acids is 6. The van der Waals surface area contributed by atoms with E-state index in [0.29, 0.717) is 12.3 Å². The van der Waals surface area contributed by atoms with Crippen molar-refractivity contribution in [1.29, 1.82) is 0 Å². The maximum absolute atomic E-state index is 13.9. The lowest BCUT2D eigenvalue weighted by Gasteiger charge is -2.28. The highest BCUT2D eigenvalue weighted by Crippen LogP contribution is 2.38. The van der Waals surface area contributed by atoms with Gasteiger partial charge in [0.05, 0.1) is 25.1 Å². The Hall–Kier alpha value is -4.72. The van der Waals surface area contributed by atoms with Crippen LogP contribution in [0.4, 0.5) is 0 Å². The number of nitrogens with two attached hydrogens (primary N) is 1. The molecular weight excluding hydrogens is 767 g/mol. The maximum atomic E-state index is 13.9. The summed E-state index contributed by atoms with van der Waals surface area (Å²) in [7, 11) is -5.10. The maximum Gasteiger partial charge on any atom is 0.469 e. The molecule has 1 saturated heterocycles. The minimum Gasteiger partial charge on any atom is -0.394 e. The number of aromatic amines is 1. The van der Waals surface area contributed by atoms with Crippen LogP contribution in [0.15, 0.2) is 42.9 Å². The Morgan fingerprint density at radius 2 is 1.60 bits per heavy atom. The van der Waals surface area contributed by atoms with Crippen molar-refractivity contribution in [2.45, 2.75) is 109 Å². The van der Waals surface area contributed by atoms with Crippen LogP contribution in [-0.2, 0) is 49.0 Å². The van der Waals surface area contributed by atoms with E-state index in [1.54, 1.807) is 0 Å². The molecule has 0 radical (unpaired) electrons. The topological polar surface area (TPSA) is 305 Å². The summed E-state index contributed by atoms with van der Waals surface area (Å²) < 4.78 is 21.9. The van der Waals surface area contributed by atoms with Crippen molar-refractivity contribution in [3.05, 3.63) is 54.1 Å². The van der Waals surface area contributed by atoms with Crippen LogP contribution in [0.1, 0.15) is 71.1 Å². The lowest BCUT2D eigenvalue weighted by atomic mass is 9.98. The van der Waals surface area contributed by atoms with Crippen molar-refractivity contribution < 1.29 is 57.5 Å². The van der Waals surface area contributed by atoms with Crippen LogP contribution in [0.5, 0.6) is 0 Å². The van der Waals surface area contributed by atoms with Gasteiger partial charge in [-0.15, -0.1) is 0 Å². The first-order valence-electron chi connectivity index (χ1n) is 18.6. The Labute approximate surface area is 330 Å². The first-order chi connectivity index (χ1) is 26.8. The molecule has 10 N–H and O–H groups in total. The molecule has 3 rings (SSSR count). The van der Waals surface area contributed by atoms with E-state index in [1.807, 2.05) is 44.2 Å². The van der Waals surface area contributed by atoms with Crippen molar-refractivity contribution in [1.82, 2.24) is 36.1 Å². The van der Waals surface area contributed by atoms with Crippen molar-refractivity contribution in [3.8, 4) is 0 Å². The number of aliphatic hydroxyl groups excluding tert-OH is 1. The van der Waals surface area contributed by atoms with Gasteiger partial charge in [-0.1, -0.05) is 51.1 Å². The molecule has 8 unspecified atom stereocenters. The molecule has 20 nitrogen and oxygen atoms in total. The molecule has 57 heavy (non-hydrogen) atoms. The van der Waals surface area contributed by atoms with Gasteiger partial charge < -0.3 is 56.5 Å². The van der Waals surface area contributed by atoms with Gasteiger partial charge in [-0.2, -0.15) is 0 Å². The second kappa shape index (κ2) is 21.7. The fourth-order valence-corrected chi connectivity index (χ4v) is 6.92. The molecule has 316 valence electrons. The fraction of sp³-hybridized carbons (Fsp3) is 0.583. The van der Waals surface area contributed by atoms with Crippen molar-refractivity contribution >= 4 is 43.3 Å². The molecule has 0 aliphatic carbocycles. The highest BCUT2D eigenvalue weighted by atomic mass is 31.2. The number of benzene rings is 1. The summed E-state index contributed by atoms with van der Waals surface area (Å²) in [5.41, 5.74) is 6.86. The molecule has 1 aliphatic rings. The number of hydrogen-bond donors (Lipinski definition) is 9. The zero-order chi connectivity index (χ0) is 42.4. The van der Waals surface area contributed by atoms with Crippen LogP contribution < -0.4 is 27.0 Å². The van der Waals surface area contributed by atoms with E-state index in [9.17, 15) is 38.4 Å². The largest absolute Gasteiger partial charge is 0.469 e. The molecule has 21 heteroatoms. The Kier molecular flexibility index (Phi) is 17.8. The first-order valence-corrected chi connectivity index (χ1v) is 20.1. The minimum atomic E-state index is -5.10. The molecule has 1 fully saturated rings. The van der Waals surface area contributed by atoms with Gasteiger partial charge in [0.15, 0.2) is 0 Å². The number of amides is 6. The summed E-state index contributed by atoms with van der Waals surface area (Å²) >= 11 is 0. The smallest absolute Gasteiger partial charge is 0.394 e. The number of phosphoric ester groups is 1. The van der Waals surface area contributed by atoms with Gasteiger partial charge in [-0.3, -0.25) is 33.3 Å². The molecule has 0 bridgehead atoms. The summed E-state index contributed by atoms with van der Waals surface area (Å²) in [5.74, 6) is -4.91. The van der Waals surface area contributed by atoms with Gasteiger partial charge in [0.1, 0.15) is 30.2 Å². The predicted molar refractivity (Wildman–Crippen MR) is 203 cm³/mol. The number of ether oxygens (including phenoxy) is 1. The number of rotatable bonds is 22. The van der Waals surface area contributed by atoms with Gasteiger partial charge >= 0.3 is 7.82 Å². The molecule has 2 aromatic rings. The Morgan fingerprint density at radius 3 is 2.16 bits per heavy atom. The summed E-state index contributed by atoms with van der Waals surface area (Å²) in [6.07, 6.45) is 1.61. The zero-order valence-electron chi connectivity index (χ0n) is 32.6. The summed E-state index contributed by atoms with van der Waals surface area (Å²) in [6.45, 7) is 7.76. The van der Waals surface area contributed by atoms with Gasteiger partial charge in [0, 0.05) is 44.8 Å². The summed E-state index contributed by atoms with van der Waals surface area (Å²) in [6, 6.07) is 2.96. The molecule has 1 aliphatic heterocycles. The molecule has 0 saturated carbocycles. The molecule has 6 amide bonds. The molecular formula is C36H55N8O12P. The second-order valence-electron chi connectivity index (χ2n) is 14.5. The number of nitrogens with one attached hydrogen (secondary N) is 5. The van der Waals surface area contributed by atoms with Crippen molar-refractivity contribution in [2.24, 2.45) is 11.7 Å². The van der Waals surface area contributed by atoms with Crippen LogP contribution in [0, 0.1) is 5.92 Å². The van der Waals surface area contributed by atoms with E-state index in [2.05, 4.69) is 42.7 Å². The van der Waals surface area contributed by atoms with Gasteiger partial charge in [-0.05, 0) is 37.2 Å². The van der Waals surface area contributed by atoms with E-state index >= 15 is 0 Å². The quantitative estimate of drug-likeness (QED) is 0.0653. The van der Waals surface area contributed by atoms with Crippen LogP contribution in [0.25, 0.3) is 0 Å². The van der Waals surface area contributed by atoms with E-state index in [0.717, 1.165) is 13.3 Å². The number of aromatic nitrogens is 2. The van der Waals surface area contributed by atoms with Crippen LogP contribution in [0.2, 0.25) is 0 Å². The standard InChI is InChI=1S/C36H55N8O12P/c1-20(2)13-27(41-36(51)30-15-26(17-44(30)23(5)46)55-12-11-21(3)24-9-7-6-8-10-24)33(48)40-28(14-25-16-38-19-39-25)34(49)42-29(18-45)35(50)43-31(32(37)47)22(4)56-57(52,53)54/h6-10,16,19-22,26-31,45H,11-15,17-18H2,1-5H3,(H2,37,47)(H,38,39)(H,40,48)(H,41,51)(H,42,49)(H,43,50)(H2,52,53,54). The average molecular weight is 823 g/mol. The SMILES string of the molecule is CC(=O)N1CC(OCCC(C)c2ccccc2)CC1C(=O)NC(CC(C)C)C(=O)NC(Cc1cnc[nH]1)C(=O)NC(CO)C(=O)NC(C(N)=O)C(C)OP(=O)(O)O. The minimum absolute atomic E-state index is 0.117. The predicted octanol–water partition coefficient (Wildman–Crippen LogP) is -0.887. The summed E-state index contributed by atoms with van der Waals surface area (Å²) in [4.78, 5) is 105. The molecule has 0 spiro atoms. The Balaban J connectivity index is 1.72. The number of primary amides is 1. The van der Waals surface area contributed by atoms with Crippen LogP contribution in [-0.4, -0.2) is 127 Å². The third kappa shape index (κ3) is 14.9. The normalized spacial score (nSPS) is 18.8. The van der Waals surface area contributed by atoms with Crippen LogP contribution in [0.3, 0.4) is 0 Å². The third-order valence-electron chi connectivity index (χ3n) is 9.39. The second-order valence-corrected chi connectivity index (χ2v) is 15.7. The van der Waals surface area contributed by atoms with Crippen molar-refractivity contribution in [2.75, 3.05) is 19.8 Å². The van der Waals surface area contributed by atoms with Gasteiger partial charge in [0.2, 0.25) is 35.4 Å². The van der Waals surface area contributed by atoms with E-state index in [4.69, 9.17) is 20.3 Å². The fourth-order valence-electron chi connectivity index (χ4n) is 6.36. The number of aliphatic hydroxyl groups is 1. The Bertz CT molecular complexity index is 1710. The molecule has 1 aromatic heterocycles. The third-order valence-corrected chi connectivity index (χ3v) is 9.99.